The van der Waals surface area contributed by atoms with Crippen LogP contribution in [-0.4, -0.2) is 64.0 Å². The third-order valence-corrected chi connectivity index (χ3v) is 7.84. The number of benzene rings is 1. The normalized spacial score (nSPS) is 17.6. The minimum Gasteiger partial charge on any atom is -0.370 e. The molecule has 9 heteroatoms. The van der Waals surface area contributed by atoms with Gasteiger partial charge in [-0.05, 0) is 67.3 Å². The summed E-state index contributed by atoms with van der Waals surface area (Å²) < 4.78 is 1.83. The van der Waals surface area contributed by atoms with E-state index < -0.39 is 0 Å². The highest BCUT2D eigenvalue weighted by atomic mass is 32.1. The summed E-state index contributed by atoms with van der Waals surface area (Å²) in [6, 6.07) is 9.47. The molecule has 1 saturated heterocycles. The third kappa shape index (κ3) is 4.55. The van der Waals surface area contributed by atoms with E-state index in [0.717, 1.165) is 42.0 Å². The summed E-state index contributed by atoms with van der Waals surface area (Å²) in [6.07, 6.45) is 1.68. The molecule has 1 aromatic carbocycles. The molecular weight excluding hydrogens is 474 g/mol. The van der Waals surface area contributed by atoms with Gasteiger partial charge in [-0.15, -0.1) is 0 Å². The molecule has 0 unspecified atom stereocenters. The number of thiophene rings is 1. The van der Waals surface area contributed by atoms with Crippen LogP contribution < -0.4 is 4.90 Å². The molecule has 2 aliphatic rings. The molecule has 0 N–H and O–H groups in total. The number of aromatic nitrogens is 2. The molecule has 1 fully saturated rings. The van der Waals surface area contributed by atoms with Gasteiger partial charge in [-0.2, -0.15) is 16.4 Å². The molecule has 1 atom stereocenters. The van der Waals surface area contributed by atoms with Crippen molar-refractivity contribution in [3.05, 3.63) is 69.2 Å². The average Bonchev–Trinajstić information content (AvgIpc) is 3.56. The van der Waals surface area contributed by atoms with Gasteiger partial charge < -0.3 is 9.80 Å². The van der Waals surface area contributed by atoms with Gasteiger partial charge in [0.25, 0.3) is 11.8 Å². The van der Waals surface area contributed by atoms with E-state index in [0.29, 0.717) is 30.8 Å². The molecule has 188 valence electrons. The van der Waals surface area contributed by atoms with Crippen LogP contribution in [0.4, 0.5) is 5.69 Å². The molecule has 0 bridgehead atoms. The van der Waals surface area contributed by atoms with E-state index in [4.69, 9.17) is 0 Å². The second-order valence-corrected chi connectivity index (χ2v) is 10.5. The SMILES string of the molecule is Cc1cc(C)n(CCN2C(=O)c3cccc(N4CCC[C@H](C(=O)N(C)Cc5ccsc5)C4)c3C2=O)n1. The predicted molar refractivity (Wildman–Crippen MR) is 139 cm³/mol. The summed E-state index contributed by atoms with van der Waals surface area (Å²) in [5.41, 5.74) is 4.68. The number of imide groups is 1. The molecule has 3 aromatic rings. The van der Waals surface area contributed by atoms with Crippen LogP contribution in [0.15, 0.2) is 41.1 Å². The highest BCUT2D eigenvalue weighted by Crippen LogP contribution is 2.34. The van der Waals surface area contributed by atoms with Crippen molar-refractivity contribution >= 4 is 34.7 Å². The van der Waals surface area contributed by atoms with Crippen molar-refractivity contribution in [2.24, 2.45) is 5.92 Å². The third-order valence-electron chi connectivity index (χ3n) is 7.10. The zero-order chi connectivity index (χ0) is 25.4. The van der Waals surface area contributed by atoms with Gasteiger partial charge >= 0.3 is 0 Å². The van der Waals surface area contributed by atoms with Gasteiger partial charge in [-0.25, -0.2) is 0 Å². The molecule has 4 heterocycles. The number of piperidine rings is 1. The number of amides is 3. The van der Waals surface area contributed by atoms with Crippen molar-refractivity contribution in [2.75, 3.05) is 31.6 Å². The van der Waals surface area contributed by atoms with E-state index in [1.54, 1.807) is 22.3 Å². The maximum atomic E-state index is 13.5. The van der Waals surface area contributed by atoms with E-state index in [1.165, 1.54) is 4.90 Å². The topological polar surface area (TPSA) is 78.8 Å². The number of hydrogen-bond donors (Lipinski definition) is 0. The number of carbonyl (C=O) groups excluding carboxylic acids is 3. The molecule has 2 aromatic heterocycles. The maximum Gasteiger partial charge on any atom is 0.263 e. The first-order valence-electron chi connectivity index (χ1n) is 12.3. The molecule has 36 heavy (non-hydrogen) atoms. The average molecular weight is 506 g/mol. The van der Waals surface area contributed by atoms with Crippen molar-refractivity contribution in [1.82, 2.24) is 19.6 Å². The number of aryl methyl sites for hydroxylation is 2. The number of anilines is 1. The Morgan fingerprint density at radius 2 is 2.00 bits per heavy atom. The van der Waals surface area contributed by atoms with Crippen molar-refractivity contribution < 1.29 is 14.4 Å². The fourth-order valence-corrected chi connectivity index (χ4v) is 5.98. The molecule has 0 radical (unpaired) electrons. The molecule has 2 aliphatic heterocycles. The number of fused-ring (bicyclic) bond motifs is 1. The Labute approximate surface area is 215 Å². The van der Waals surface area contributed by atoms with Gasteiger partial charge in [0.05, 0.1) is 35.0 Å². The van der Waals surface area contributed by atoms with Crippen molar-refractivity contribution in [3.63, 3.8) is 0 Å². The monoisotopic (exact) mass is 505 g/mol. The Hall–Kier alpha value is -3.46. The molecule has 0 spiro atoms. The van der Waals surface area contributed by atoms with Crippen LogP contribution in [-0.2, 0) is 17.9 Å². The molecule has 0 aliphatic carbocycles. The Balaban J connectivity index is 1.31. The summed E-state index contributed by atoms with van der Waals surface area (Å²) in [5, 5.41) is 8.53. The van der Waals surface area contributed by atoms with E-state index in [1.807, 2.05) is 55.2 Å². The van der Waals surface area contributed by atoms with Gasteiger partial charge in [-0.1, -0.05) is 6.07 Å². The van der Waals surface area contributed by atoms with Crippen molar-refractivity contribution in [3.8, 4) is 0 Å². The van der Waals surface area contributed by atoms with Crippen molar-refractivity contribution in [1.29, 1.82) is 0 Å². The van der Waals surface area contributed by atoms with Crippen LogP contribution in [0.2, 0.25) is 0 Å². The van der Waals surface area contributed by atoms with Gasteiger partial charge in [0, 0.05) is 38.9 Å². The number of carbonyl (C=O) groups is 3. The fourth-order valence-electron chi connectivity index (χ4n) is 5.32. The second-order valence-electron chi connectivity index (χ2n) is 9.72. The summed E-state index contributed by atoms with van der Waals surface area (Å²) in [4.78, 5) is 45.1. The molecule has 5 rings (SSSR count). The second kappa shape index (κ2) is 9.89. The number of nitrogens with zero attached hydrogens (tertiary/aromatic N) is 5. The molecule has 3 amide bonds. The van der Waals surface area contributed by atoms with E-state index >= 15 is 0 Å². The zero-order valence-corrected chi connectivity index (χ0v) is 21.8. The first-order valence-corrected chi connectivity index (χ1v) is 13.3. The largest absolute Gasteiger partial charge is 0.370 e. The quantitative estimate of drug-likeness (QED) is 0.457. The van der Waals surface area contributed by atoms with Crippen LogP contribution in [0, 0.1) is 19.8 Å². The Morgan fingerprint density at radius 3 is 2.72 bits per heavy atom. The molecular formula is C27H31N5O3S. The standard InChI is InChI=1S/C27H31N5O3S/c1-18-14-19(2)32(28-18)12-11-31-26(34)22-7-4-8-23(24(22)27(31)35)30-10-5-6-21(16-30)25(33)29(3)15-20-9-13-36-17-20/h4,7-9,13-14,17,21H,5-6,10-12,15-16H2,1-3H3/t21-/m0/s1. The zero-order valence-electron chi connectivity index (χ0n) is 20.9. The number of hydrogen-bond acceptors (Lipinski definition) is 6. The van der Waals surface area contributed by atoms with Gasteiger partial charge in [-0.3, -0.25) is 24.0 Å². The smallest absolute Gasteiger partial charge is 0.263 e. The predicted octanol–water partition coefficient (Wildman–Crippen LogP) is 3.73. The minimum atomic E-state index is -0.268. The number of rotatable bonds is 7. The lowest BCUT2D eigenvalue weighted by atomic mass is 9.95. The van der Waals surface area contributed by atoms with Gasteiger partial charge in [0.15, 0.2) is 0 Å². The van der Waals surface area contributed by atoms with Gasteiger partial charge in [0.1, 0.15) is 0 Å². The highest BCUT2D eigenvalue weighted by molar-refractivity contribution is 7.07. The summed E-state index contributed by atoms with van der Waals surface area (Å²) >= 11 is 1.63. The lowest BCUT2D eigenvalue weighted by molar-refractivity contribution is -0.135. The van der Waals surface area contributed by atoms with E-state index in [-0.39, 0.29) is 30.2 Å². The first kappa shape index (κ1) is 24.2. The first-order chi connectivity index (χ1) is 17.3. The van der Waals surface area contributed by atoms with E-state index in [2.05, 4.69) is 15.4 Å². The molecule has 0 saturated carbocycles. The highest BCUT2D eigenvalue weighted by Gasteiger charge is 2.39. The van der Waals surface area contributed by atoms with Crippen LogP contribution in [0.5, 0.6) is 0 Å². The van der Waals surface area contributed by atoms with Crippen LogP contribution in [0.3, 0.4) is 0 Å². The van der Waals surface area contributed by atoms with E-state index in [9.17, 15) is 14.4 Å². The van der Waals surface area contributed by atoms with Crippen molar-refractivity contribution in [2.45, 2.75) is 39.8 Å². The van der Waals surface area contributed by atoms with Crippen LogP contribution >= 0.6 is 11.3 Å². The summed E-state index contributed by atoms with van der Waals surface area (Å²) in [7, 11) is 1.85. The lowest BCUT2D eigenvalue weighted by Gasteiger charge is -2.36. The fraction of sp³-hybridized carbons (Fsp3) is 0.407. The molecule has 8 nitrogen and oxygen atoms in total. The Morgan fingerprint density at radius 1 is 1.17 bits per heavy atom. The maximum absolute atomic E-state index is 13.5. The van der Waals surface area contributed by atoms with Crippen LogP contribution in [0.25, 0.3) is 0 Å². The minimum absolute atomic E-state index is 0.118. The summed E-state index contributed by atoms with van der Waals surface area (Å²) in [6.45, 7) is 6.50. The lowest BCUT2D eigenvalue weighted by Crippen LogP contribution is -2.44. The Kier molecular flexibility index (Phi) is 6.66. The Bertz CT molecular complexity index is 1300. The van der Waals surface area contributed by atoms with Crippen LogP contribution in [0.1, 0.15) is 50.5 Å². The van der Waals surface area contributed by atoms with Gasteiger partial charge in [0.2, 0.25) is 5.91 Å². The summed E-state index contributed by atoms with van der Waals surface area (Å²) in [5.74, 6) is -0.561.